The number of carbonyl (C=O) groups is 1. The summed E-state index contributed by atoms with van der Waals surface area (Å²) in [5.74, 6) is 0.472. The Hall–Kier alpha value is -0.870. The van der Waals surface area contributed by atoms with E-state index >= 15 is 0 Å². The molecule has 1 saturated heterocycles. The van der Waals surface area contributed by atoms with E-state index in [1.807, 2.05) is 26.0 Å². The molecule has 0 saturated carbocycles. The lowest BCUT2D eigenvalue weighted by atomic mass is 9.75. The fourth-order valence-electron chi connectivity index (χ4n) is 3.01. The van der Waals surface area contributed by atoms with Gasteiger partial charge in [0.25, 0.3) is 0 Å². The smallest absolute Gasteiger partial charge is 0.232 e. The SMILES string of the molecule is Cc1cc(Br)cc(C)c1NC(=O)C1(C(C)C)CCNC1. The summed E-state index contributed by atoms with van der Waals surface area (Å²) in [6.45, 7) is 10.0. The van der Waals surface area contributed by atoms with Crippen LogP contribution < -0.4 is 10.6 Å². The van der Waals surface area contributed by atoms with Crippen LogP contribution in [0.4, 0.5) is 5.69 Å². The van der Waals surface area contributed by atoms with Gasteiger partial charge in [0.05, 0.1) is 5.41 Å². The van der Waals surface area contributed by atoms with E-state index in [1.54, 1.807) is 0 Å². The number of anilines is 1. The molecule has 110 valence electrons. The van der Waals surface area contributed by atoms with Crippen molar-refractivity contribution in [3.8, 4) is 0 Å². The van der Waals surface area contributed by atoms with Crippen LogP contribution in [0, 0.1) is 25.2 Å². The molecule has 1 unspecified atom stereocenters. The molecule has 1 atom stereocenters. The van der Waals surface area contributed by atoms with Gasteiger partial charge in [-0.1, -0.05) is 29.8 Å². The Morgan fingerprint density at radius 3 is 2.40 bits per heavy atom. The summed E-state index contributed by atoms with van der Waals surface area (Å²) < 4.78 is 1.05. The molecule has 0 radical (unpaired) electrons. The summed E-state index contributed by atoms with van der Waals surface area (Å²) in [4.78, 5) is 12.8. The largest absolute Gasteiger partial charge is 0.325 e. The molecule has 20 heavy (non-hydrogen) atoms. The van der Waals surface area contributed by atoms with Crippen molar-refractivity contribution < 1.29 is 4.79 Å². The molecule has 1 aromatic rings. The highest BCUT2D eigenvalue weighted by atomic mass is 79.9. The molecule has 3 nitrogen and oxygen atoms in total. The van der Waals surface area contributed by atoms with Crippen molar-refractivity contribution in [2.24, 2.45) is 11.3 Å². The second-order valence-corrected chi connectivity index (χ2v) is 7.02. The number of rotatable bonds is 3. The van der Waals surface area contributed by atoms with Crippen molar-refractivity contribution in [3.63, 3.8) is 0 Å². The van der Waals surface area contributed by atoms with Crippen LogP contribution in [0.5, 0.6) is 0 Å². The van der Waals surface area contributed by atoms with Crippen molar-refractivity contribution in [3.05, 3.63) is 27.7 Å². The Morgan fingerprint density at radius 1 is 1.35 bits per heavy atom. The van der Waals surface area contributed by atoms with Crippen LogP contribution in [0.3, 0.4) is 0 Å². The minimum atomic E-state index is -0.286. The van der Waals surface area contributed by atoms with Crippen molar-refractivity contribution >= 4 is 27.5 Å². The van der Waals surface area contributed by atoms with E-state index in [-0.39, 0.29) is 11.3 Å². The first-order valence-electron chi connectivity index (χ1n) is 7.16. The summed E-state index contributed by atoms with van der Waals surface area (Å²) in [7, 11) is 0. The number of amides is 1. The van der Waals surface area contributed by atoms with Crippen molar-refractivity contribution in [1.82, 2.24) is 5.32 Å². The first kappa shape index (κ1) is 15.5. The quantitative estimate of drug-likeness (QED) is 0.883. The van der Waals surface area contributed by atoms with E-state index in [9.17, 15) is 4.79 Å². The van der Waals surface area contributed by atoms with Crippen LogP contribution in [0.15, 0.2) is 16.6 Å². The number of hydrogen-bond donors (Lipinski definition) is 2. The molecule has 0 aliphatic carbocycles. The fraction of sp³-hybridized carbons (Fsp3) is 0.562. The van der Waals surface area contributed by atoms with Crippen LogP contribution in [0.1, 0.15) is 31.4 Å². The van der Waals surface area contributed by atoms with Crippen molar-refractivity contribution in [1.29, 1.82) is 0 Å². The van der Waals surface area contributed by atoms with Gasteiger partial charge in [0.1, 0.15) is 0 Å². The summed E-state index contributed by atoms with van der Waals surface area (Å²) in [6, 6.07) is 4.08. The predicted octanol–water partition coefficient (Wildman–Crippen LogP) is 3.64. The van der Waals surface area contributed by atoms with E-state index in [2.05, 4.69) is 40.4 Å². The summed E-state index contributed by atoms with van der Waals surface area (Å²) in [5.41, 5.74) is 2.85. The Balaban J connectivity index is 2.28. The third-order valence-electron chi connectivity index (χ3n) is 4.48. The average molecular weight is 339 g/mol. The molecule has 0 bridgehead atoms. The van der Waals surface area contributed by atoms with Gasteiger partial charge in [0.2, 0.25) is 5.91 Å². The standard InChI is InChI=1S/C16H23BrN2O/c1-10(2)16(5-6-18-9-16)15(20)19-14-11(3)7-13(17)8-12(14)4/h7-8,10,18H,5-6,9H2,1-4H3,(H,19,20). The lowest BCUT2D eigenvalue weighted by Crippen LogP contribution is -2.42. The molecular formula is C16H23BrN2O. The summed E-state index contributed by atoms with van der Waals surface area (Å²) in [6.07, 6.45) is 0.908. The highest BCUT2D eigenvalue weighted by molar-refractivity contribution is 9.10. The van der Waals surface area contributed by atoms with Crippen LogP contribution in [-0.2, 0) is 4.79 Å². The molecule has 1 heterocycles. The molecule has 0 spiro atoms. The van der Waals surface area contributed by atoms with Gasteiger partial charge in [0.15, 0.2) is 0 Å². The van der Waals surface area contributed by atoms with Gasteiger partial charge in [0, 0.05) is 16.7 Å². The van der Waals surface area contributed by atoms with Gasteiger partial charge in [-0.2, -0.15) is 0 Å². The molecule has 0 aromatic heterocycles. The highest BCUT2D eigenvalue weighted by Crippen LogP contribution is 2.36. The zero-order valence-corrected chi connectivity index (χ0v) is 14.2. The first-order valence-corrected chi connectivity index (χ1v) is 7.95. The monoisotopic (exact) mass is 338 g/mol. The molecule has 1 aromatic carbocycles. The van der Waals surface area contributed by atoms with Crippen molar-refractivity contribution in [2.45, 2.75) is 34.1 Å². The number of halogens is 1. The number of benzene rings is 1. The lowest BCUT2D eigenvalue weighted by Gasteiger charge is -2.31. The van der Waals surface area contributed by atoms with E-state index in [0.717, 1.165) is 40.8 Å². The minimum Gasteiger partial charge on any atom is -0.325 e. The predicted molar refractivity (Wildman–Crippen MR) is 87.0 cm³/mol. The molecule has 1 aliphatic rings. The molecule has 2 N–H and O–H groups in total. The number of aryl methyl sites for hydroxylation is 2. The van der Waals surface area contributed by atoms with Crippen LogP contribution in [-0.4, -0.2) is 19.0 Å². The summed E-state index contributed by atoms with van der Waals surface area (Å²) >= 11 is 3.49. The van der Waals surface area contributed by atoms with E-state index in [4.69, 9.17) is 0 Å². The van der Waals surface area contributed by atoms with Gasteiger partial charge >= 0.3 is 0 Å². The zero-order chi connectivity index (χ0) is 14.9. The Bertz CT molecular complexity index is 496. The van der Waals surface area contributed by atoms with Crippen LogP contribution in [0.25, 0.3) is 0 Å². The van der Waals surface area contributed by atoms with Gasteiger partial charge < -0.3 is 10.6 Å². The maximum Gasteiger partial charge on any atom is 0.232 e. The highest BCUT2D eigenvalue weighted by Gasteiger charge is 2.44. The first-order chi connectivity index (χ1) is 9.36. The Labute approximate surface area is 129 Å². The zero-order valence-electron chi connectivity index (χ0n) is 12.6. The van der Waals surface area contributed by atoms with Crippen LogP contribution >= 0.6 is 15.9 Å². The summed E-state index contributed by atoms with van der Waals surface area (Å²) in [5, 5.41) is 6.50. The van der Waals surface area contributed by atoms with Gasteiger partial charge in [-0.05, 0) is 56.0 Å². The third kappa shape index (κ3) is 2.77. The van der Waals surface area contributed by atoms with Gasteiger partial charge in [-0.3, -0.25) is 4.79 Å². The average Bonchev–Trinajstić information content (AvgIpc) is 2.83. The third-order valence-corrected chi connectivity index (χ3v) is 4.94. The second kappa shape index (κ2) is 5.86. The Morgan fingerprint density at radius 2 is 1.95 bits per heavy atom. The molecule has 4 heteroatoms. The molecule has 1 aliphatic heterocycles. The second-order valence-electron chi connectivity index (χ2n) is 6.11. The maximum atomic E-state index is 12.8. The topological polar surface area (TPSA) is 41.1 Å². The normalized spacial score (nSPS) is 22.3. The molecule has 1 fully saturated rings. The molecule has 1 amide bonds. The van der Waals surface area contributed by atoms with Crippen molar-refractivity contribution in [2.75, 3.05) is 18.4 Å². The van der Waals surface area contributed by atoms with E-state index in [1.165, 1.54) is 0 Å². The Kier molecular flexibility index (Phi) is 4.55. The number of carbonyl (C=O) groups excluding carboxylic acids is 1. The number of hydrogen-bond acceptors (Lipinski definition) is 2. The number of nitrogens with one attached hydrogen (secondary N) is 2. The van der Waals surface area contributed by atoms with Gasteiger partial charge in [-0.15, -0.1) is 0 Å². The van der Waals surface area contributed by atoms with E-state index in [0.29, 0.717) is 5.92 Å². The maximum absolute atomic E-state index is 12.8. The van der Waals surface area contributed by atoms with E-state index < -0.39 is 0 Å². The van der Waals surface area contributed by atoms with Gasteiger partial charge in [-0.25, -0.2) is 0 Å². The minimum absolute atomic E-state index is 0.144. The lowest BCUT2D eigenvalue weighted by molar-refractivity contribution is -0.126. The fourth-order valence-corrected chi connectivity index (χ4v) is 3.69. The molecule has 2 rings (SSSR count). The molecular weight excluding hydrogens is 316 g/mol. The van der Waals surface area contributed by atoms with Crippen LogP contribution in [0.2, 0.25) is 0 Å².